The largest absolute Gasteiger partial charge is 0.490 e. The molecule has 0 radical (unpaired) electrons. The van der Waals surface area contributed by atoms with E-state index in [2.05, 4.69) is 15.8 Å². The van der Waals surface area contributed by atoms with Gasteiger partial charge < -0.3 is 9.47 Å². The highest BCUT2D eigenvalue weighted by molar-refractivity contribution is 5.99. The first-order valence-electron chi connectivity index (χ1n) is 7.56. The van der Waals surface area contributed by atoms with Crippen molar-refractivity contribution in [3.63, 3.8) is 0 Å². The first kappa shape index (κ1) is 17.3. The maximum atomic E-state index is 12.2. The van der Waals surface area contributed by atoms with Gasteiger partial charge in [0.2, 0.25) is 0 Å². The number of amides is 2. The number of nitrogens with zero attached hydrogens (tertiary/aromatic N) is 1. The standard InChI is InChI=1S/C17H19N3O4/c1-3-23-14-6-5-13(11-15(14)24-4-2)17(22)20-19-16(21)12-7-9-18-10-8-12/h5-11H,3-4H2,1-2H3,(H,19,21)(H,20,22). The maximum absolute atomic E-state index is 12.2. The number of pyridine rings is 1. The molecule has 0 saturated heterocycles. The van der Waals surface area contributed by atoms with Crippen LogP contribution in [-0.2, 0) is 0 Å². The number of ether oxygens (including phenoxy) is 2. The quantitative estimate of drug-likeness (QED) is 0.791. The molecule has 0 spiro atoms. The van der Waals surface area contributed by atoms with E-state index in [-0.39, 0.29) is 0 Å². The summed E-state index contributed by atoms with van der Waals surface area (Å²) in [4.78, 5) is 27.9. The Hall–Kier alpha value is -3.09. The molecule has 7 nitrogen and oxygen atoms in total. The monoisotopic (exact) mass is 329 g/mol. The molecule has 0 saturated carbocycles. The van der Waals surface area contributed by atoms with E-state index in [1.54, 1.807) is 30.3 Å². The fourth-order valence-corrected chi connectivity index (χ4v) is 1.95. The van der Waals surface area contributed by atoms with E-state index in [9.17, 15) is 9.59 Å². The first-order valence-corrected chi connectivity index (χ1v) is 7.56. The van der Waals surface area contributed by atoms with Gasteiger partial charge in [-0.3, -0.25) is 25.4 Å². The molecular weight excluding hydrogens is 310 g/mol. The van der Waals surface area contributed by atoms with Crippen LogP contribution in [0.1, 0.15) is 34.6 Å². The average molecular weight is 329 g/mol. The van der Waals surface area contributed by atoms with E-state index in [4.69, 9.17) is 9.47 Å². The summed E-state index contributed by atoms with van der Waals surface area (Å²) in [6.45, 7) is 4.65. The number of hydrazine groups is 1. The van der Waals surface area contributed by atoms with Crippen LogP contribution in [0.3, 0.4) is 0 Å². The fraction of sp³-hybridized carbons (Fsp3) is 0.235. The molecule has 2 amide bonds. The topological polar surface area (TPSA) is 89.6 Å². The predicted octanol–water partition coefficient (Wildman–Crippen LogP) is 1.95. The van der Waals surface area contributed by atoms with Gasteiger partial charge in [-0.2, -0.15) is 0 Å². The zero-order valence-corrected chi connectivity index (χ0v) is 13.5. The molecule has 7 heteroatoms. The number of aromatic nitrogens is 1. The summed E-state index contributed by atoms with van der Waals surface area (Å²) in [6, 6.07) is 7.93. The van der Waals surface area contributed by atoms with Crippen molar-refractivity contribution in [1.82, 2.24) is 15.8 Å². The molecule has 0 fully saturated rings. The summed E-state index contributed by atoms with van der Waals surface area (Å²) in [7, 11) is 0. The van der Waals surface area contributed by atoms with E-state index >= 15 is 0 Å². The third-order valence-corrected chi connectivity index (χ3v) is 3.04. The summed E-state index contributed by atoms with van der Waals surface area (Å²) < 4.78 is 10.9. The number of hydrogen-bond acceptors (Lipinski definition) is 5. The second kappa shape index (κ2) is 8.52. The molecule has 126 valence electrons. The minimum absolute atomic E-state index is 0.344. The van der Waals surface area contributed by atoms with Gasteiger partial charge in [0, 0.05) is 23.5 Å². The van der Waals surface area contributed by atoms with Crippen LogP contribution in [0.5, 0.6) is 11.5 Å². The number of benzene rings is 1. The first-order chi connectivity index (χ1) is 11.7. The second-order valence-corrected chi connectivity index (χ2v) is 4.67. The third-order valence-electron chi connectivity index (χ3n) is 3.04. The number of carbonyl (C=O) groups is 2. The lowest BCUT2D eigenvalue weighted by molar-refractivity contribution is 0.0846. The van der Waals surface area contributed by atoms with Crippen LogP contribution in [-0.4, -0.2) is 30.0 Å². The third kappa shape index (κ3) is 4.45. The number of hydrogen-bond donors (Lipinski definition) is 2. The van der Waals surface area contributed by atoms with Crippen LogP contribution < -0.4 is 20.3 Å². The SMILES string of the molecule is CCOc1ccc(C(=O)NNC(=O)c2ccncc2)cc1OCC. The lowest BCUT2D eigenvalue weighted by Crippen LogP contribution is -2.41. The van der Waals surface area contributed by atoms with Crippen molar-refractivity contribution >= 4 is 11.8 Å². The van der Waals surface area contributed by atoms with Gasteiger partial charge in [-0.15, -0.1) is 0 Å². The average Bonchev–Trinajstić information content (AvgIpc) is 2.62. The van der Waals surface area contributed by atoms with Crippen LogP contribution in [0.15, 0.2) is 42.7 Å². The van der Waals surface area contributed by atoms with Crippen molar-refractivity contribution in [3.8, 4) is 11.5 Å². The normalized spacial score (nSPS) is 9.92. The zero-order chi connectivity index (χ0) is 17.4. The fourth-order valence-electron chi connectivity index (χ4n) is 1.95. The Bertz CT molecular complexity index is 704. The summed E-state index contributed by atoms with van der Waals surface area (Å²) in [6.07, 6.45) is 3.00. The highest BCUT2D eigenvalue weighted by Gasteiger charge is 2.13. The van der Waals surface area contributed by atoms with Gasteiger partial charge in [-0.25, -0.2) is 0 Å². The number of rotatable bonds is 6. The maximum Gasteiger partial charge on any atom is 0.269 e. The zero-order valence-electron chi connectivity index (χ0n) is 13.5. The summed E-state index contributed by atoms with van der Waals surface area (Å²) in [5.74, 6) is 0.160. The van der Waals surface area contributed by atoms with Crippen LogP contribution in [0, 0.1) is 0 Å². The minimum Gasteiger partial charge on any atom is -0.490 e. The molecule has 1 aromatic heterocycles. The van der Waals surface area contributed by atoms with Crippen molar-refractivity contribution in [2.75, 3.05) is 13.2 Å². The van der Waals surface area contributed by atoms with Crippen molar-refractivity contribution in [2.45, 2.75) is 13.8 Å². The van der Waals surface area contributed by atoms with Crippen LogP contribution in [0.4, 0.5) is 0 Å². The van der Waals surface area contributed by atoms with E-state index in [1.807, 2.05) is 13.8 Å². The van der Waals surface area contributed by atoms with Crippen molar-refractivity contribution in [3.05, 3.63) is 53.9 Å². The van der Waals surface area contributed by atoms with Gasteiger partial charge in [0.05, 0.1) is 13.2 Å². The van der Waals surface area contributed by atoms with E-state index in [0.717, 1.165) is 0 Å². The Morgan fingerprint density at radius 1 is 0.875 bits per heavy atom. The summed E-state index contributed by atoms with van der Waals surface area (Å²) in [5, 5.41) is 0. The molecule has 1 aromatic carbocycles. The van der Waals surface area contributed by atoms with Crippen molar-refractivity contribution in [2.24, 2.45) is 0 Å². The van der Waals surface area contributed by atoms with Gasteiger partial charge in [-0.05, 0) is 44.2 Å². The van der Waals surface area contributed by atoms with Gasteiger partial charge in [0.1, 0.15) is 0 Å². The molecule has 2 rings (SSSR count). The van der Waals surface area contributed by atoms with Crippen LogP contribution in [0.2, 0.25) is 0 Å². The molecule has 0 aliphatic rings. The molecule has 0 bridgehead atoms. The summed E-state index contributed by atoms with van der Waals surface area (Å²) >= 11 is 0. The van der Waals surface area contributed by atoms with Gasteiger partial charge in [-0.1, -0.05) is 0 Å². The number of carbonyl (C=O) groups excluding carboxylic acids is 2. The molecule has 24 heavy (non-hydrogen) atoms. The molecule has 0 aliphatic heterocycles. The van der Waals surface area contributed by atoms with Gasteiger partial charge in [0.25, 0.3) is 11.8 Å². The Morgan fingerprint density at radius 2 is 1.46 bits per heavy atom. The minimum atomic E-state index is -0.457. The van der Waals surface area contributed by atoms with Crippen LogP contribution in [0.25, 0.3) is 0 Å². The molecule has 2 aromatic rings. The van der Waals surface area contributed by atoms with E-state index in [0.29, 0.717) is 35.8 Å². The Balaban J connectivity index is 2.04. The van der Waals surface area contributed by atoms with Crippen LogP contribution >= 0.6 is 0 Å². The number of nitrogens with one attached hydrogen (secondary N) is 2. The lowest BCUT2D eigenvalue weighted by Gasteiger charge is -2.12. The van der Waals surface area contributed by atoms with Crippen molar-refractivity contribution in [1.29, 1.82) is 0 Å². The lowest BCUT2D eigenvalue weighted by atomic mass is 10.2. The predicted molar refractivity (Wildman–Crippen MR) is 87.9 cm³/mol. The Kier molecular flexibility index (Phi) is 6.13. The Labute approximate surface area is 140 Å². The second-order valence-electron chi connectivity index (χ2n) is 4.67. The molecule has 0 aliphatic carbocycles. The van der Waals surface area contributed by atoms with Crippen molar-refractivity contribution < 1.29 is 19.1 Å². The highest BCUT2D eigenvalue weighted by Crippen LogP contribution is 2.28. The van der Waals surface area contributed by atoms with Gasteiger partial charge >= 0.3 is 0 Å². The molecule has 1 heterocycles. The molecule has 0 unspecified atom stereocenters. The van der Waals surface area contributed by atoms with E-state index < -0.39 is 11.8 Å². The molecular formula is C17H19N3O4. The smallest absolute Gasteiger partial charge is 0.269 e. The summed E-state index contributed by atoms with van der Waals surface area (Å²) in [5.41, 5.74) is 5.45. The highest BCUT2D eigenvalue weighted by atomic mass is 16.5. The molecule has 0 atom stereocenters. The van der Waals surface area contributed by atoms with Gasteiger partial charge in [0.15, 0.2) is 11.5 Å². The van der Waals surface area contributed by atoms with E-state index in [1.165, 1.54) is 12.4 Å². The molecule has 2 N–H and O–H groups in total. The Morgan fingerprint density at radius 3 is 2.08 bits per heavy atom.